The Morgan fingerprint density at radius 3 is 2.91 bits per heavy atom. The molecule has 6 nitrogen and oxygen atoms in total. The molecular weight excluding hydrogens is 445 g/mol. The second-order valence-electron chi connectivity index (χ2n) is 8.00. The number of aromatic nitrogens is 1. The highest BCUT2D eigenvalue weighted by atomic mass is 35.5. The summed E-state index contributed by atoms with van der Waals surface area (Å²) in [5, 5.41) is 12.9. The lowest BCUT2D eigenvalue weighted by Gasteiger charge is -2.19. The fourth-order valence-corrected chi connectivity index (χ4v) is 4.35. The Morgan fingerprint density at radius 1 is 1.27 bits per heavy atom. The van der Waals surface area contributed by atoms with Gasteiger partial charge in [0, 0.05) is 42.7 Å². The van der Waals surface area contributed by atoms with Crippen molar-refractivity contribution in [3.05, 3.63) is 87.8 Å². The summed E-state index contributed by atoms with van der Waals surface area (Å²) in [7, 11) is 1.50. The molecule has 2 aromatic carbocycles. The van der Waals surface area contributed by atoms with Gasteiger partial charge in [-0.25, -0.2) is 9.37 Å². The number of benzene rings is 2. The van der Waals surface area contributed by atoms with Crippen LogP contribution >= 0.6 is 11.6 Å². The molecule has 0 saturated heterocycles. The molecule has 33 heavy (non-hydrogen) atoms. The molecule has 2 heterocycles. The normalized spacial score (nSPS) is 13.6. The summed E-state index contributed by atoms with van der Waals surface area (Å²) < 4.78 is 18.6. The number of halogens is 2. The van der Waals surface area contributed by atoms with Crippen LogP contribution in [-0.2, 0) is 17.6 Å². The molecule has 0 saturated carbocycles. The minimum absolute atomic E-state index is 0.119. The van der Waals surface area contributed by atoms with Crippen molar-refractivity contribution < 1.29 is 19.0 Å². The van der Waals surface area contributed by atoms with E-state index in [1.807, 2.05) is 24.3 Å². The van der Waals surface area contributed by atoms with E-state index in [0.29, 0.717) is 30.0 Å². The first kappa shape index (κ1) is 23.2. The van der Waals surface area contributed by atoms with E-state index >= 15 is 0 Å². The third-order valence-electron chi connectivity index (χ3n) is 5.55. The largest absolute Gasteiger partial charge is 0.389 e. The number of nitrogens with zero attached hydrogens (tertiary/aromatic N) is 2. The zero-order chi connectivity index (χ0) is 23.4. The molecule has 1 aromatic heterocycles. The van der Waals surface area contributed by atoms with Gasteiger partial charge >= 0.3 is 0 Å². The van der Waals surface area contributed by atoms with Gasteiger partial charge in [0.05, 0.1) is 12.7 Å². The average Bonchev–Trinajstić information content (AvgIpc) is 3.21. The Hall–Kier alpha value is -3.00. The van der Waals surface area contributed by atoms with Crippen molar-refractivity contribution in [2.75, 3.05) is 31.7 Å². The third-order valence-corrected chi connectivity index (χ3v) is 5.76. The summed E-state index contributed by atoms with van der Waals surface area (Å²) in [6, 6.07) is 14.0. The third kappa shape index (κ3) is 5.50. The number of anilines is 2. The van der Waals surface area contributed by atoms with Crippen LogP contribution in [0.5, 0.6) is 0 Å². The standard InChI is InChI=1S/C25H25ClFN3O3/c1-33-15-20(31)14-29-25(32)22-3-2-4-23-21(22)6-8-30(23)24-12-16(5-7-28-24)9-17-10-18(26)13-19(27)11-17/h2-5,7,10-13,20,31H,6,8-9,14-15H2,1H3,(H,29,32). The molecule has 0 radical (unpaired) electrons. The first-order chi connectivity index (χ1) is 15.9. The summed E-state index contributed by atoms with van der Waals surface area (Å²) in [4.78, 5) is 19.3. The molecule has 1 aliphatic rings. The first-order valence-corrected chi connectivity index (χ1v) is 11.1. The topological polar surface area (TPSA) is 74.7 Å². The van der Waals surface area contributed by atoms with Crippen LogP contribution in [0.15, 0.2) is 54.7 Å². The molecule has 4 rings (SSSR count). The number of hydrogen-bond donors (Lipinski definition) is 2. The molecule has 1 aliphatic heterocycles. The van der Waals surface area contributed by atoms with Gasteiger partial charge in [0.2, 0.25) is 0 Å². The smallest absolute Gasteiger partial charge is 0.251 e. The Bertz CT molecular complexity index is 1140. The summed E-state index contributed by atoms with van der Waals surface area (Å²) in [5.41, 5.74) is 4.23. The molecule has 3 aromatic rings. The van der Waals surface area contributed by atoms with E-state index in [1.54, 1.807) is 18.3 Å². The molecule has 172 valence electrons. The zero-order valence-corrected chi connectivity index (χ0v) is 19.0. The van der Waals surface area contributed by atoms with Gasteiger partial charge in [-0.05, 0) is 72.0 Å². The second-order valence-corrected chi connectivity index (χ2v) is 8.44. The summed E-state index contributed by atoms with van der Waals surface area (Å²) in [6.45, 7) is 0.965. The van der Waals surface area contributed by atoms with Crippen LogP contribution in [0.3, 0.4) is 0 Å². The zero-order valence-electron chi connectivity index (χ0n) is 18.2. The number of fused-ring (bicyclic) bond motifs is 1. The number of hydrogen-bond acceptors (Lipinski definition) is 5. The van der Waals surface area contributed by atoms with E-state index in [4.69, 9.17) is 16.3 Å². The van der Waals surface area contributed by atoms with E-state index in [9.17, 15) is 14.3 Å². The van der Waals surface area contributed by atoms with Crippen LogP contribution in [0.2, 0.25) is 5.02 Å². The Kier molecular flexibility index (Phi) is 7.23. The lowest BCUT2D eigenvalue weighted by molar-refractivity contribution is 0.0609. The van der Waals surface area contributed by atoms with Gasteiger partial charge in [-0.15, -0.1) is 0 Å². The van der Waals surface area contributed by atoms with Crippen molar-refractivity contribution in [1.82, 2.24) is 10.3 Å². The van der Waals surface area contributed by atoms with Gasteiger partial charge in [-0.3, -0.25) is 4.79 Å². The van der Waals surface area contributed by atoms with Crippen LogP contribution in [0.1, 0.15) is 27.0 Å². The maximum atomic E-state index is 13.7. The van der Waals surface area contributed by atoms with Crippen LogP contribution in [0.25, 0.3) is 0 Å². The maximum Gasteiger partial charge on any atom is 0.251 e. The van der Waals surface area contributed by atoms with Gasteiger partial charge in [-0.2, -0.15) is 0 Å². The number of amides is 1. The number of aliphatic hydroxyl groups excluding tert-OH is 1. The number of methoxy groups -OCH3 is 1. The van der Waals surface area contributed by atoms with E-state index in [1.165, 1.54) is 19.2 Å². The van der Waals surface area contributed by atoms with Gasteiger partial charge in [-0.1, -0.05) is 17.7 Å². The Labute approximate surface area is 197 Å². The SMILES string of the molecule is COCC(O)CNC(=O)c1cccc2c1CCN2c1cc(Cc2cc(F)cc(Cl)c2)ccn1. The van der Waals surface area contributed by atoms with Gasteiger partial charge in [0.15, 0.2) is 0 Å². The number of ether oxygens (including phenoxy) is 1. The number of pyridine rings is 1. The lowest BCUT2D eigenvalue weighted by Crippen LogP contribution is -2.34. The van der Waals surface area contributed by atoms with Crippen molar-refractivity contribution in [2.45, 2.75) is 18.9 Å². The van der Waals surface area contributed by atoms with Crippen LogP contribution in [-0.4, -0.2) is 48.9 Å². The van der Waals surface area contributed by atoms with Crippen LogP contribution in [0, 0.1) is 5.82 Å². The Balaban J connectivity index is 1.53. The highest BCUT2D eigenvalue weighted by Crippen LogP contribution is 2.36. The second kappa shape index (κ2) is 10.3. The van der Waals surface area contributed by atoms with Crippen molar-refractivity contribution in [3.63, 3.8) is 0 Å². The number of rotatable bonds is 8. The molecule has 0 fully saturated rings. The fraction of sp³-hybridized carbons (Fsp3) is 0.280. The van der Waals surface area contributed by atoms with Crippen LogP contribution in [0.4, 0.5) is 15.9 Å². The molecule has 0 aliphatic carbocycles. The highest BCUT2D eigenvalue weighted by molar-refractivity contribution is 6.30. The van der Waals surface area contributed by atoms with Crippen LogP contribution < -0.4 is 10.2 Å². The predicted molar refractivity (Wildman–Crippen MR) is 126 cm³/mol. The highest BCUT2D eigenvalue weighted by Gasteiger charge is 2.26. The van der Waals surface area contributed by atoms with Crippen molar-refractivity contribution in [3.8, 4) is 0 Å². The van der Waals surface area contributed by atoms with Crippen molar-refractivity contribution >= 4 is 29.0 Å². The summed E-state index contributed by atoms with van der Waals surface area (Å²) >= 11 is 5.99. The number of nitrogens with one attached hydrogen (secondary N) is 1. The van der Waals surface area contributed by atoms with E-state index < -0.39 is 6.10 Å². The number of aliphatic hydroxyl groups is 1. The van der Waals surface area contributed by atoms with Gasteiger partial charge in [0.1, 0.15) is 11.6 Å². The van der Waals surface area contributed by atoms with E-state index in [0.717, 1.165) is 28.2 Å². The monoisotopic (exact) mass is 469 g/mol. The first-order valence-electron chi connectivity index (χ1n) is 10.7. The molecule has 1 atom stereocenters. The molecule has 0 bridgehead atoms. The molecule has 1 amide bonds. The van der Waals surface area contributed by atoms with Crippen molar-refractivity contribution in [2.24, 2.45) is 0 Å². The molecule has 1 unspecified atom stereocenters. The molecule has 2 N–H and O–H groups in total. The predicted octanol–water partition coefficient (Wildman–Crippen LogP) is 3.90. The summed E-state index contributed by atoms with van der Waals surface area (Å²) in [5.74, 6) is 0.177. The average molecular weight is 470 g/mol. The fourth-order valence-electron chi connectivity index (χ4n) is 4.11. The lowest BCUT2D eigenvalue weighted by atomic mass is 10.0. The molecule has 0 spiro atoms. The van der Waals surface area contributed by atoms with Gasteiger partial charge < -0.3 is 20.1 Å². The quantitative estimate of drug-likeness (QED) is 0.523. The van der Waals surface area contributed by atoms with E-state index in [-0.39, 0.29) is 24.9 Å². The molecule has 8 heteroatoms. The Morgan fingerprint density at radius 2 is 2.12 bits per heavy atom. The molecular formula is C25H25ClFN3O3. The number of carbonyl (C=O) groups is 1. The minimum atomic E-state index is -0.757. The van der Waals surface area contributed by atoms with E-state index in [2.05, 4.69) is 15.2 Å². The summed E-state index contributed by atoms with van der Waals surface area (Å²) in [6.07, 6.45) is 2.20. The maximum absolute atomic E-state index is 13.7. The minimum Gasteiger partial charge on any atom is -0.389 e. The van der Waals surface area contributed by atoms with Crippen molar-refractivity contribution in [1.29, 1.82) is 0 Å². The van der Waals surface area contributed by atoms with Gasteiger partial charge in [0.25, 0.3) is 5.91 Å². The number of carbonyl (C=O) groups excluding carboxylic acids is 1.